The highest BCUT2D eigenvalue weighted by Gasteiger charge is 2.06. The summed E-state index contributed by atoms with van der Waals surface area (Å²) in [6, 6.07) is 4.43. The number of nitrogens with one attached hydrogen (secondary N) is 2. The summed E-state index contributed by atoms with van der Waals surface area (Å²) in [7, 11) is 0. The third-order valence-electron chi connectivity index (χ3n) is 3.01. The molecule has 1 amide bonds. The molecule has 0 spiro atoms. The van der Waals surface area contributed by atoms with Gasteiger partial charge in [0.1, 0.15) is 11.6 Å². The summed E-state index contributed by atoms with van der Waals surface area (Å²) in [5, 5.41) is 2.83. The lowest BCUT2D eigenvalue weighted by molar-refractivity contribution is -0.117. The van der Waals surface area contributed by atoms with Gasteiger partial charge in [0.15, 0.2) is 0 Å². The first-order chi connectivity index (χ1) is 9.60. The van der Waals surface area contributed by atoms with Crippen LogP contribution in [0.2, 0.25) is 0 Å². The van der Waals surface area contributed by atoms with Gasteiger partial charge in [0.05, 0.1) is 11.0 Å². The molecule has 0 saturated carbocycles. The van der Waals surface area contributed by atoms with Crippen molar-refractivity contribution in [2.24, 2.45) is 0 Å². The molecule has 0 aliphatic carbocycles. The average Bonchev–Trinajstić information content (AvgIpc) is 2.80. The molecule has 20 heavy (non-hydrogen) atoms. The van der Waals surface area contributed by atoms with Crippen LogP contribution < -0.4 is 5.32 Å². The fraction of sp³-hybridized carbons (Fsp3) is 0.333. The van der Waals surface area contributed by atoms with Crippen molar-refractivity contribution in [2.75, 3.05) is 6.54 Å². The zero-order chi connectivity index (χ0) is 14.5. The first-order valence-corrected chi connectivity index (χ1v) is 6.69. The first kappa shape index (κ1) is 14.2. The van der Waals surface area contributed by atoms with Crippen LogP contribution in [0.15, 0.2) is 29.8 Å². The number of H-pyrrole nitrogens is 1. The number of halogens is 1. The summed E-state index contributed by atoms with van der Waals surface area (Å²) in [5.41, 5.74) is 2.13. The second-order valence-electron chi connectivity index (χ2n) is 4.65. The van der Waals surface area contributed by atoms with E-state index in [1.165, 1.54) is 12.1 Å². The Kier molecular flexibility index (Phi) is 4.50. The second-order valence-corrected chi connectivity index (χ2v) is 4.65. The molecule has 2 N–H and O–H groups in total. The minimum Gasteiger partial charge on any atom is -0.352 e. The van der Waals surface area contributed by atoms with Crippen molar-refractivity contribution in [1.29, 1.82) is 0 Å². The molecule has 0 fully saturated rings. The number of carbonyl (C=O) groups excluding carboxylic acids is 1. The Bertz CT molecular complexity index is 646. The number of allylic oxidation sites excluding steroid dienone is 1. The lowest BCUT2D eigenvalue weighted by Crippen LogP contribution is -2.26. The van der Waals surface area contributed by atoms with Crippen LogP contribution in [-0.2, 0) is 11.2 Å². The fourth-order valence-electron chi connectivity index (χ4n) is 1.99. The van der Waals surface area contributed by atoms with Crippen molar-refractivity contribution in [3.63, 3.8) is 0 Å². The number of aromatic nitrogens is 2. The van der Waals surface area contributed by atoms with Gasteiger partial charge in [-0.25, -0.2) is 9.37 Å². The molecule has 0 atom stereocenters. The summed E-state index contributed by atoms with van der Waals surface area (Å²) in [6.07, 6.45) is 3.31. The van der Waals surface area contributed by atoms with Gasteiger partial charge in [-0.1, -0.05) is 13.0 Å². The van der Waals surface area contributed by atoms with Gasteiger partial charge < -0.3 is 10.3 Å². The SMILES string of the molecule is CC/C=C(\C)C(=O)NCCc1nc2ccc(F)cc2[nH]1. The highest BCUT2D eigenvalue weighted by Crippen LogP contribution is 2.12. The maximum absolute atomic E-state index is 13.1. The van der Waals surface area contributed by atoms with Crippen LogP contribution >= 0.6 is 0 Å². The van der Waals surface area contributed by atoms with Gasteiger partial charge in [-0.05, 0) is 31.5 Å². The summed E-state index contributed by atoms with van der Waals surface area (Å²) < 4.78 is 13.1. The third kappa shape index (κ3) is 3.44. The molecular weight excluding hydrogens is 257 g/mol. The van der Waals surface area contributed by atoms with E-state index in [9.17, 15) is 9.18 Å². The molecule has 0 unspecified atom stereocenters. The van der Waals surface area contributed by atoms with Gasteiger partial charge >= 0.3 is 0 Å². The number of nitrogens with zero attached hydrogens (tertiary/aromatic N) is 1. The quantitative estimate of drug-likeness (QED) is 0.824. The molecule has 4 nitrogen and oxygen atoms in total. The molecule has 2 rings (SSSR count). The molecule has 0 bridgehead atoms. The van der Waals surface area contributed by atoms with Crippen LogP contribution in [0.3, 0.4) is 0 Å². The molecule has 2 aromatic rings. The largest absolute Gasteiger partial charge is 0.352 e. The minimum atomic E-state index is -0.290. The third-order valence-corrected chi connectivity index (χ3v) is 3.01. The molecule has 0 saturated heterocycles. The van der Waals surface area contributed by atoms with Crippen LogP contribution in [0.1, 0.15) is 26.1 Å². The number of benzene rings is 1. The number of rotatable bonds is 5. The number of amides is 1. The van der Waals surface area contributed by atoms with Crippen LogP contribution in [0.5, 0.6) is 0 Å². The van der Waals surface area contributed by atoms with Crippen LogP contribution in [0, 0.1) is 5.82 Å². The molecule has 0 radical (unpaired) electrons. The van der Waals surface area contributed by atoms with E-state index >= 15 is 0 Å². The zero-order valence-corrected chi connectivity index (χ0v) is 11.7. The van der Waals surface area contributed by atoms with E-state index in [4.69, 9.17) is 0 Å². The standard InChI is InChI=1S/C15H18FN3O/c1-3-4-10(2)15(20)17-8-7-14-18-12-6-5-11(16)9-13(12)19-14/h4-6,9H,3,7-8H2,1-2H3,(H,17,20)(H,18,19)/b10-4+. The molecule has 1 heterocycles. The van der Waals surface area contributed by atoms with Crippen LogP contribution in [0.25, 0.3) is 11.0 Å². The number of fused-ring (bicyclic) bond motifs is 1. The number of carbonyl (C=O) groups is 1. The zero-order valence-electron chi connectivity index (χ0n) is 11.7. The van der Waals surface area contributed by atoms with E-state index in [1.807, 2.05) is 13.0 Å². The van der Waals surface area contributed by atoms with E-state index < -0.39 is 0 Å². The van der Waals surface area contributed by atoms with Crippen LogP contribution in [-0.4, -0.2) is 22.4 Å². The first-order valence-electron chi connectivity index (χ1n) is 6.69. The van der Waals surface area contributed by atoms with Crippen molar-refractivity contribution in [1.82, 2.24) is 15.3 Å². The molecule has 1 aromatic heterocycles. The highest BCUT2D eigenvalue weighted by molar-refractivity contribution is 5.92. The Labute approximate surface area is 117 Å². The average molecular weight is 275 g/mol. The Hall–Kier alpha value is -2.17. The minimum absolute atomic E-state index is 0.0611. The maximum Gasteiger partial charge on any atom is 0.246 e. The number of hydrogen-bond donors (Lipinski definition) is 2. The molecular formula is C15H18FN3O. The van der Waals surface area contributed by atoms with Gasteiger partial charge in [0.25, 0.3) is 0 Å². The molecule has 106 valence electrons. The van der Waals surface area contributed by atoms with E-state index in [2.05, 4.69) is 15.3 Å². The van der Waals surface area contributed by atoms with E-state index in [0.29, 0.717) is 18.5 Å². The maximum atomic E-state index is 13.1. The second kappa shape index (κ2) is 6.32. The van der Waals surface area contributed by atoms with Crippen molar-refractivity contribution >= 4 is 16.9 Å². The number of imidazole rings is 1. The van der Waals surface area contributed by atoms with Crippen molar-refractivity contribution in [2.45, 2.75) is 26.7 Å². The van der Waals surface area contributed by atoms with Gasteiger partial charge in [-0.15, -0.1) is 0 Å². The monoisotopic (exact) mass is 275 g/mol. The summed E-state index contributed by atoms with van der Waals surface area (Å²) >= 11 is 0. The predicted octanol–water partition coefficient (Wildman–Crippen LogP) is 2.72. The van der Waals surface area contributed by atoms with E-state index in [-0.39, 0.29) is 11.7 Å². The lowest BCUT2D eigenvalue weighted by Gasteiger charge is -2.03. The fourth-order valence-corrected chi connectivity index (χ4v) is 1.99. The summed E-state index contributed by atoms with van der Waals surface area (Å²) in [4.78, 5) is 19.1. The number of aromatic amines is 1. The normalized spacial score (nSPS) is 11.8. The van der Waals surface area contributed by atoms with Crippen molar-refractivity contribution in [3.8, 4) is 0 Å². The summed E-state index contributed by atoms with van der Waals surface area (Å²) in [5.74, 6) is 0.387. The Morgan fingerprint density at radius 1 is 1.50 bits per heavy atom. The Balaban J connectivity index is 1.93. The number of hydrogen-bond acceptors (Lipinski definition) is 2. The molecule has 0 aliphatic heterocycles. The topological polar surface area (TPSA) is 57.8 Å². The van der Waals surface area contributed by atoms with Gasteiger partial charge in [0, 0.05) is 18.5 Å². The van der Waals surface area contributed by atoms with Crippen molar-refractivity contribution < 1.29 is 9.18 Å². The van der Waals surface area contributed by atoms with Gasteiger partial charge in [-0.3, -0.25) is 4.79 Å². The lowest BCUT2D eigenvalue weighted by atomic mass is 10.2. The molecule has 5 heteroatoms. The summed E-state index contributed by atoms with van der Waals surface area (Å²) in [6.45, 7) is 4.28. The Morgan fingerprint density at radius 2 is 2.30 bits per heavy atom. The van der Waals surface area contributed by atoms with Gasteiger partial charge in [-0.2, -0.15) is 0 Å². The highest BCUT2D eigenvalue weighted by atomic mass is 19.1. The Morgan fingerprint density at radius 3 is 3.05 bits per heavy atom. The molecule has 1 aromatic carbocycles. The predicted molar refractivity (Wildman–Crippen MR) is 76.8 cm³/mol. The van der Waals surface area contributed by atoms with E-state index in [1.54, 1.807) is 13.0 Å². The van der Waals surface area contributed by atoms with Crippen LogP contribution in [0.4, 0.5) is 4.39 Å². The van der Waals surface area contributed by atoms with Crippen molar-refractivity contribution in [3.05, 3.63) is 41.5 Å². The smallest absolute Gasteiger partial charge is 0.246 e. The van der Waals surface area contributed by atoms with E-state index in [0.717, 1.165) is 23.3 Å². The van der Waals surface area contributed by atoms with Gasteiger partial charge in [0.2, 0.25) is 5.91 Å². The molecule has 0 aliphatic rings.